The predicted octanol–water partition coefficient (Wildman–Crippen LogP) is 2.47. The molecule has 1 aromatic heterocycles. The second kappa shape index (κ2) is 4.20. The van der Waals surface area contributed by atoms with Gasteiger partial charge in [0.05, 0.1) is 11.2 Å². The molecule has 1 saturated heterocycles. The molecule has 2 fully saturated rings. The zero-order valence-electron chi connectivity index (χ0n) is 9.02. The van der Waals surface area contributed by atoms with E-state index < -0.39 is 0 Å². The molecule has 1 aliphatic heterocycles. The normalized spacial score (nSPS) is 30.1. The van der Waals surface area contributed by atoms with Crippen LogP contribution in [0.5, 0.6) is 0 Å². The van der Waals surface area contributed by atoms with Crippen LogP contribution < -0.4 is 0 Å². The van der Waals surface area contributed by atoms with Crippen LogP contribution in [0.1, 0.15) is 55.0 Å². The van der Waals surface area contributed by atoms with Crippen molar-refractivity contribution in [2.24, 2.45) is 0 Å². The molecule has 0 amide bonds. The summed E-state index contributed by atoms with van der Waals surface area (Å²) in [5.41, 5.74) is 0. The predicted molar refractivity (Wildman–Crippen MR) is 60.3 cm³/mol. The average Bonchev–Trinajstić information content (AvgIpc) is 2.96. The lowest BCUT2D eigenvalue weighted by atomic mass is 10.1. The molecule has 1 aromatic rings. The van der Waals surface area contributed by atoms with Crippen LogP contribution in [-0.4, -0.2) is 21.7 Å². The number of rotatable bonds is 2. The van der Waals surface area contributed by atoms with Gasteiger partial charge in [-0.05, 0) is 31.4 Å². The van der Waals surface area contributed by atoms with Crippen LogP contribution in [0.3, 0.4) is 0 Å². The molecule has 0 aromatic carbocycles. The summed E-state index contributed by atoms with van der Waals surface area (Å²) in [6.45, 7) is 0. The van der Waals surface area contributed by atoms with Crippen LogP contribution in [0.25, 0.3) is 0 Å². The van der Waals surface area contributed by atoms with E-state index in [4.69, 9.17) is 4.52 Å². The molecule has 0 bridgehead atoms. The van der Waals surface area contributed by atoms with Crippen molar-refractivity contribution in [1.82, 2.24) is 10.1 Å². The largest absolute Gasteiger partial charge is 0.339 e. The van der Waals surface area contributed by atoms with Gasteiger partial charge in [-0.2, -0.15) is 16.7 Å². The maximum Gasteiger partial charge on any atom is 0.237 e. The zero-order chi connectivity index (χ0) is 11.0. The quantitative estimate of drug-likeness (QED) is 0.792. The fourth-order valence-electron chi connectivity index (χ4n) is 2.38. The Bertz CT molecular complexity index is 398. The molecule has 2 atom stereocenters. The lowest BCUT2D eigenvalue weighted by Gasteiger charge is -2.00. The van der Waals surface area contributed by atoms with Gasteiger partial charge >= 0.3 is 0 Å². The molecular formula is C11H14N2O2S. The molecule has 86 valence electrons. The lowest BCUT2D eigenvalue weighted by molar-refractivity contribution is -0.119. The summed E-state index contributed by atoms with van der Waals surface area (Å²) in [5, 5.41) is 4.40. The molecule has 2 unspecified atom stereocenters. The van der Waals surface area contributed by atoms with Crippen molar-refractivity contribution in [2.45, 2.75) is 43.3 Å². The number of hydrogen-bond acceptors (Lipinski definition) is 5. The summed E-state index contributed by atoms with van der Waals surface area (Å²) < 4.78 is 5.24. The summed E-state index contributed by atoms with van der Waals surface area (Å²) in [5.74, 6) is 2.65. The smallest absolute Gasteiger partial charge is 0.237 e. The van der Waals surface area contributed by atoms with Gasteiger partial charge in [0.15, 0.2) is 5.82 Å². The van der Waals surface area contributed by atoms with E-state index in [1.54, 1.807) is 0 Å². The third kappa shape index (κ3) is 1.77. The zero-order valence-corrected chi connectivity index (χ0v) is 9.83. The fraction of sp³-hybridized carbons (Fsp3) is 0.727. The van der Waals surface area contributed by atoms with Crippen molar-refractivity contribution < 1.29 is 9.32 Å². The minimum atomic E-state index is -0.118. The second-order valence-corrected chi connectivity index (χ2v) is 5.71. The molecule has 0 radical (unpaired) electrons. The molecule has 3 rings (SSSR count). The summed E-state index contributed by atoms with van der Waals surface area (Å²) in [6.07, 6.45) is 4.85. The average molecular weight is 238 g/mol. The highest BCUT2D eigenvalue weighted by molar-refractivity contribution is 7.99. The van der Waals surface area contributed by atoms with E-state index in [-0.39, 0.29) is 11.7 Å². The van der Waals surface area contributed by atoms with Gasteiger partial charge in [-0.3, -0.25) is 4.79 Å². The number of carbonyl (C=O) groups is 1. The first-order chi connectivity index (χ1) is 7.84. The number of hydrogen-bond donors (Lipinski definition) is 0. The van der Waals surface area contributed by atoms with E-state index in [0.29, 0.717) is 17.6 Å². The molecule has 0 N–H and O–H groups in total. The van der Waals surface area contributed by atoms with Crippen molar-refractivity contribution in [2.75, 3.05) is 5.75 Å². The topological polar surface area (TPSA) is 56.0 Å². The maximum atomic E-state index is 11.6. The van der Waals surface area contributed by atoms with Crippen molar-refractivity contribution in [3.8, 4) is 0 Å². The van der Waals surface area contributed by atoms with Gasteiger partial charge in [-0.25, -0.2) is 0 Å². The van der Waals surface area contributed by atoms with E-state index in [1.807, 2.05) is 11.8 Å². The highest BCUT2D eigenvalue weighted by Crippen LogP contribution is 2.39. The van der Waals surface area contributed by atoms with Crippen LogP contribution in [0.15, 0.2) is 4.52 Å². The number of ketones is 1. The first-order valence-corrected chi connectivity index (χ1v) is 6.87. The molecule has 0 spiro atoms. The fourth-order valence-corrected chi connectivity index (χ4v) is 3.57. The van der Waals surface area contributed by atoms with Gasteiger partial charge in [-0.15, -0.1) is 0 Å². The van der Waals surface area contributed by atoms with Gasteiger partial charge in [-0.1, -0.05) is 5.16 Å². The molecule has 2 heterocycles. The molecule has 2 aliphatic rings. The van der Waals surface area contributed by atoms with Gasteiger partial charge in [0.2, 0.25) is 5.89 Å². The molecule has 4 nitrogen and oxygen atoms in total. The van der Waals surface area contributed by atoms with Gasteiger partial charge in [0, 0.05) is 6.42 Å². The van der Waals surface area contributed by atoms with E-state index in [9.17, 15) is 4.79 Å². The molecule has 1 saturated carbocycles. The number of Topliss-reactive ketones (excluding diaryl/α,β-unsaturated/α-hetero) is 1. The number of thioether (sulfide) groups is 1. The number of carbonyl (C=O) groups excluding carboxylic acids is 1. The summed E-state index contributed by atoms with van der Waals surface area (Å²) in [7, 11) is 0. The first kappa shape index (κ1) is 10.3. The maximum absolute atomic E-state index is 11.6. The lowest BCUT2D eigenvalue weighted by Crippen LogP contribution is -2.04. The van der Waals surface area contributed by atoms with Crippen molar-refractivity contribution in [3.63, 3.8) is 0 Å². The Kier molecular flexibility index (Phi) is 2.71. The van der Waals surface area contributed by atoms with E-state index in [2.05, 4.69) is 10.1 Å². The Morgan fingerprint density at radius 3 is 2.94 bits per heavy atom. The van der Waals surface area contributed by atoms with Crippen LogP contribution >= 0.6 is 11.8 Å². The Morgan fingerprint density at radius 1 is 1.31 bits per heavy atom. The minimum Gasteiger partial charge on any atom is -0.339 e. The third-order valence-electron chi connectivity index (χ3n) is 3.28. The Hall–Kier alpha value is -0.840. The SMILES string of the molecule is O=C1CCCC1c1nc(C2CCCS2)no1. The monoisotopic (exact) mass is 238 g/mol. The standard InChI is InChI=1S/C11H14N2O2S/c14-8-4-1-3-7(8)11-12-10(13-15-11)9-5-2-6-16-9/h7,9H,1-6H2. The van der Waals surface area contributed by atoms with Gasteiger partial charge in [0.25, 0.3) is 0 Å². The van der Waals surface area contributed by atoms with E-state index in [0.717, 1.165) is 25.1 Å². The Balaban J connectivity index is 1.79. The molecular weight excluding hydrogens is 224 g/mol. The highest BCUT2D eigenvalue weighted by Gasteiger charge is 2.32. The van der Waals surface area contributed by atoms with Crippen LogP contribution in [0.2, 0.25) is 0 Å². The van der Waals surface area contributed by atoms with Crippen molar-refractivity contribution >= 4 is 17.5 Å². The minimum absolute atomic E-state index is 0.118. The van der Waals surface area contributed by atoms with Crippen LogP contribution in [0.4, 0.5) is 0 Å². The van der Waals surface area contributed by atoms with E-state index >= 15 is 0 Å². The van der Waals surface area contributed by atoms with Gasteiger partial charge in [0.1, 0.15) is 5.78 Å². The summed E-state index contributed by atoms with van der Waals surface area (Å²) in [6, 6.07) is 0. The second-order valence-electron chi connectivity index (χ2n) is 4.40. The number of aromatic nitrogens is 2. The van der Waals surface area contributed by atoms with E-state index in [1.165, 1.54) is 12.2 Å². The molecule has 5 heteroatoms. The van der Waals surface area contributed by atoms with Crippen LogP contribution in [0, 0.1) is 0 Å². The van der Waals surface area contributed by atoms with Crippen LogP contribution in [-0.2, 0) is 4.79 Å². The summed E-state index contributed by atoms with van der Waals surface area (Å²) >= 11 is 1.88. The van der Waals surface area contributed by atoms with Gasteiger partial charge < -0.3 is 4.52 Å². The molecule has 16 heavy (non-hydrogen) atoms. The molecule has 1 aliphatic carbocycles. The Morgan fingerprint density at radius 2 is 2.25 bits per heavy atom. The Labute approximate surface area is 98.2 Å². The number of nitrogens with zero attached hydrogens (tertiary/aromatic N) is 2. The van der Waals surface area contributed by atoms with Crippen molar-refractivity contribution in [1.29, 1.82) is 0 Å². The third-order valence-corrected chi connectivity index (χ3v) is 4.65. The first-order valence-electron chi connectivity index (χ1n) is 5.82. The summed E-state index contributed by atoms with van der Waals surface area (Å²) in [4.78, 5) is 16.0. The highest BCUT2D eigenvalue weighted by atomic mass is 32.2. The van der Waals surface area contributed by atoms with Crippen molar-refractivity contribution in [3.05, 3.63) is 11.7 Å².